The molecule has 0 aromatic heterocycles. The van der Waals surface area contributed by atoms with Crippen LogP contribution < -0.4 is 0 Å². The molecule has 14 nitrogen and oxygen atoms in total. The Kier molecular flexibility index (Phi) is 9.80. The number of carbonyl (C=O) groups is 4. The number of nitrogens with zero attached hydrogens (tertiary/aromatic N) is 2. The first-order chi connectivity index (χ1) is 13.9. The van der Waals surface area contributed by atoms with Crippen molar-refractivity contribution in [1.82, 2.24) is 0 Å². The van der Waals surface area contributed by atoms with E-state index in [1.165, 1.54) is 0 Å². The Morgan fingerprint density at radius 3 is 1.03 bits per heavy atom. The van der Waals surface area contributed by atoms with Crippen LogP contribution in [0.2, 0.25) is 0 Å². The second kappa shape index (κ2) is 11.3. The molecule has 0 unspecified atom stereocenters. The third-order valence-electron chi connectivity index (χ3n) is 3.35. The summed E-state index contributed by atoms with van der Waals surface area (Å²) in [5.74, 6) is -5.92. The summed E-state index contributed by atoms with van der Waals surface area (Å²) in [5, 5.41) is 55.1. The molecule has 31 heavy (non-hydrogen) atoms. The van der Waals surface area contributed by atoms with Gasteiger partial charge in [-0.1, -0.05) is 0 Å². The average Bonchev–Trinajstić information content (AvgIpc) is 2.67. The fourth-order valence-corrected chi connectivity index (χ4v) is 2.02. The van der Waals surface area contributed by atoms with Crippen LogP contribution in [0.25, 0.3) is 0 Å². The van der Waals surface area contributed by atoms with Gasteiger partial charge in [-0.2, -0.15) is 0 Å². The van der Waals surface area contributed by atoms with E-state index in [0.717, 1.165) is 24.3 Å². The van der Waals surface area contributed by atoms with E-state index < -0.39 is 67.4 Å². The molecule has 0 saturated heterocycles. The summed E-state index contributed by atoms with van der Waals surface area (Å²) < 4.78 is 0. The van der Waals surface area contributed by atoms with Crippen molar-refractivity contribution in [3.05, 3.63) is 78.9 Å². The molecule has 0 aliphatic heterocycles. The van der Waals surface area contributed by atoms with Gasteiger partial charge in [-0.05, 0) is 12.1 Å². The van der Waals surface area contributed by atoms with Gasteiger partial charge in [0.15, 0.2) is 0 Å². The molecule has 0 radical (unpaired) electrons. The molecule has 4 N–H and O–H groups in total. The number of nitro benzene ring substituents is 2. The molecule has 15 heteroatoms. The van der Waals surface area contributed by atoms with Crippen LogP contribution in [0.4, 0.5) is 11.4 Å². The van der Waals surface area contributed by atoms with Crippen molar-refractivity contribution in [3.63, 3.8) is 0 Å². The van der Waals surface area contributed by atoms with Crippen LogP contribution in [0.1, 0.15) is 41.4 Å². The molecule has 0 amide bonds. The monoisotopic (exact) mass is 512 g/mol. The van der Waals surface area contributed by atoms with Gasteiger partial charge in [-0.25, -0.2) is 19.2 Å². The van der Waals surface area contributed by atoms with Crippen molar-refractivity contribution in [2.75, 3.05) is 0 Å². The summed E-state index contributed by atoms with van der Waals surface area (Å²) in [6.45, 7) is 0. The summed E-state index contributed by atoms with van der Waals surface area (Å²) in [5.41, 5.74) is -3.08. The van der Waals surface area contributed by atoms with Crippen LogP contribution >= 0.6 is 0 Å². The van der Waals surface area contributed by atoms with Crippen molar-refractivity contribution in [2.45, 2.75) is 0 Å². The second-order valence-corrected chi connectivity index (χ2v) is 5.19. The number of non-ortho nitro benzene ring substituents is 2. The molecule has 2 rings (SSSR count). The van der Waals surface area contributed by atoms with Crippen molar-refractivity contribution >= 4 is 35.3 Å². The van der Waals surface area contributed by atoms with Crippen molar-refractivity contribution in [1.29, 1.82) is 0 Å². The van der Waals surface area contributed by atoms with E-state index in [4.69, 9.17) is 20.4 Å². The average molecular weight is 513 g/mol. The van der Waals surface area contributed by atoms with Gasteiger partial charge in [0.25, 0.3) is 11.4 Å². The Morgan fingerprint density at radius 2 is 0.839 bits per heavy atom. The quantitative estimate of drug-likeness (QED) is 0.320. The van der Waals surface area contributed by atoms with Gasteiger partial charge >= 0.3 is 23.9 Å². The van der Waals surface area contributed by atoms with Gasteiger partial charge in [0.05, 0.1) is 32.1 Å². The molecule has 0 aliphatic carbocycles. The van der Waals surface area contributed by atoms with E-state index >= 15 is 0 Å². The van der Waals surface area contributed by atoms with Gasteiger partial charge in [0.2, 0.25) is 0 Å². The Balaban J connectivity index is 0.000000562. The molecule has 2 aromatic rings. The van der Waals surface area contributed by atoms with Crippen LogP contribution in [0.5, 0.6) is 0 Å². The van der Waals surface area contributed by atoms with E-state index in [1.54, 1.807) is 0 Å². The smallest absolute Gasteiger partial charge is 0.336 e. The zero-order chi connectivity index (χ0) is 23.2. The summed E-state index contributed by atoms with van der Waals surface area (Å²) in [6.07, 6.45) is 0. The zero-order valence-corrected chi connectivity index (χ0v) is 17.4. The maximum atomic E-state index is 10.6. The van der Waals surface area contributed by atoms with Gasteiger partial charge in [0, 0.05) is 50.5 Å². The minimum absolute atomic E-state index is 0. The molecule has 0 atom stereocenters. The van der Waals surface area contributed by atoms with E-state index in [1.807, 2.05) is 0 Å². The van der Waals surface area contributed by atoms with Crippen LogP contribution in [0.15, 0.2) is 36.4 Å². The molecule has 0 bridgehead atoms. The number of hydrogen-bond acceptors (Lipinski definition) is 8. The summed E-state index contributed by atoms with van der Waals surface area (Å²) in [6, 6.07) is 5.09. The number of carboxylic acid groups (broad SMARTS) is 4. The van der Waals surface area contributed by atoms with Crippen LogP contribution in [-0.2, 0) is 26.2 Å². The number of aromatic carboxylic acids is 4. The Hall–Kier alpha value is -4.00. The normalized spacial score (nSPS) is 9.29. The molecule has 0 aliphatic rings. The first-order valence-corrected chi connectivity index (χ1v) is 7.36. The zero-order valence-electron chi connectivity index (χ0n) is 14.9. The third-order valence-corrected chi connectivity index (χ3v) is 3.35. The second-order valence-electron chi connectivity index (χ2n) is 5.19. The first-order valence-electron chi connectivity index (χ1n) is 7.36. The first kappa shape index (κ1) is 27.0. The maximum absolute atomic E-state index is 10.6. The van der Waals surface area contributed by atoms with Crippen molar-refractivity contribution in [3.8, 4) is 0 Å². The fraction of sp³-hybridized carbons (Fsp3) is 0. The SMILES string of the molecule is O=C(O)c1ccc([N+](=O)[O-])cc1C(=O)O.O=C(O)c1ccc([N+](=O)[O-])cc1C(=O)O.[Zr]. The third kappa shape index (κ3) is 7.08. The number of nitro groups is 2. The molecule has 0 fully saturated rings. The van der Waals surface area contributed by atoms with Crippen LogP contribution in [-0.4, -0.2) is 54.1 Å². The van der Waals surface area contributed by atoms with Crippen molar-refractivity contribution in [2.24, 2.45) is 0 Å². The molecular weight excluding hydrogens is 503 g/mol. The largest absolute Gasteiger partial charge is 0.478 e. The number of rotatable bonds is 6. The Morgan fingerprint density at radius 1 is 0.581 bits per heavy atom. The number of benzene rings is 2. The molecule has 0 saturated carbocycles. The predicted octanol–water partition coefficient (Wildman–Crippen LogP) is 1.98. The summed E-state index contributed by atoms with van der Waals surface area (Å²) in [4.78, 5) is 61.4. The van der Waals surface area contributed by atoms with Gasteiger partial charge in [-0.15, -0.1) is 0 Å². The Bertz CT molecular complexity index is 997. The maximum Gasteiger partial charge on any atom is 0.336 e. The molecular formula is C16H10N2O12Zr. The van der Waals surface area contributed by atoms with E-state index in [9.17, 15) is 39.4 Å². The van der Waals surface area contributed by atoms with Gasteiger partial charge in [-0.3, -0.25) is 20.2 Å². The van der Waals surface area contributed by atoms with Gasteiger partial charge in [0.1, 0.15) is 0 Å². The number of hydrogen-bond donors (Lipinski definition) is 4. The Labute approximate surface area is 189 Å². The molecule has 0 spiro atoms. The van der Waals surface area contributed by atoms with E-state index in [0.29, 0.717) is 12.1 Å². The van der Waals surface area contributed by atoms with Gasteiger partial charge < -0.3 is 20.4 Å². The molecule has 160 valence electrons. The van der Waals surface area contributed by atoms with E-state index in [-0.39, 0.29) is 26.2 Å². The standard InChI is InChI=1S/2C8H5NO6.Zr/c2*10-7(11)5-2-1-4(9(14)15)3-6(5)8(12)13;/h2*1-3H,(H,10,11)(H,12,13);. The van der Waals surface area contributed by atoms with Crippen LogP contribution in [0, 0.1) is 20.2 Å². The molecule has 2 aromatic carbocycles. The number of carboxylic acids is 4. The topological polar surface area (TPSA) is 235 Å². The summed E-state index contributed by atoms with van der Waals surface area (Å²) in [7, 11) is 0. The fourth-order valence-electron chi connectivity index (χ4n) is 2.02. The van der Waals surface area contributed by atoms with E-state index in [2.05, 4.69) is 0 Å². The van der Waals surface area contributed by atoms with Crippen molar-refractivity contribution < 1.29 is 75.7 Å². The minimum Gasteiger partial charge on any atom is -0.478 e. The van der Waals surface area contributed by atoms with Crippen LogP contribution in [0.3, 0.4) is 0 Å². The predicted molar refractivity (Wildman–Crippen MR) is 94.0 cm³/mol. The minimum atomic E-state index is -1.52. The summed E-state index contributed by atoms with van der Waals surface area (Å²) >= 11 is 0. The molecule has 0 heterocycles.